The molecule has 0 saturated carbocycles. The van der Waals surface area contributed by atoms with E-state index < -0.39 is 0 Å². The lowest BCUT2D eigenvalue weighted by Gasteiger charge is -2.22. The third-order valence-electron chi connectivity index (χ3n) is 6.73. The summed E-state index contributed by atoms with van der Waals surface area (Å²) in [4.78, 5) is 21.5. The van der Waals surface area contributed by atoms with Crippen molar-refractivity contribution in [2.75, 3.05) is 17.2 Å². The van der Waals surface area contributed by atoms with Gasteiger partial charge >= 0.3 is 0 Å². The molecular formula is C29H33FN6O2. The summed E-state index contributed by atoms with van der Waals surface area (Å²) >= 11 is 0. The van der Waals surface area contributed by atoms with Crippen LogP contribution in [-0.2, 0) is 17.3 Å². The standard InChI is InChI=1S/C29H33FN6O2/c1-29(2,3)21-15-18(8-10-22(21)30)33-28-34-24-16-19(9-11-25(24)36(28)4)38-20-12-14-32-26(17-20)35-27(37)23-7-5-6-13-31-23/h8-12,14-17,23,31H,5-7,13H2,1-4H3,(H,33,34)(H,32,35,37)/t23-/m0/s1. The highest BCUT2D eigenvalue weighted by Gasteiger charge is 2.21. The Hall–Kier alpha value is -3.98. The highest BCUT2D eigenvalue weighted by atomic mass is 19.1. The number of carbonyl (C=O) groups excluding carboxylic acids is 1. The number of fused-ring (bicyclic) bond motifs is 1. The number of halogens is 1. The molecular weight excluding hydrogens is 483 g/mol. The predicted octanol–water partition coefficient (Wildman–Crippen LogP) is 6.02. The van der Waals surface area contributed by atoms with Gasteiger partial charge in [0.2, 0.25) is 11.9 Å². The number of benzene rings is 2. The quantitative estimate of drug-likeness (QED) is 0.290. The number of aryl methyl sites for hydroxylation is 1. The van der Waals surface area contributed by atoms with E-state index in [4.69, 9.17) is 9.72 Å². The summed E-state index contributed by atoms with van der Waals surface area (Å²) in [6.45, 7) is 6.81. The Bertz CT molecular complexity index is 1470. The Morgan fingerprint density at radius 1 is 1.11 bits per heavy atom. The molecule has 198 valence electrons. The number of hydrogen-bond acceptors (Lipinski definition) is 6. The minimum Gasteiger partial charge on any atom is -0.457 e. The fourth-order valence-electron chi connectivity index (χ4n) is 4.63. The van der Waals surface area contributed by atoms with E-state index in [-0.39, 0.29) is 23.2 Å². The average Bonchev–Trinajstić information content (AvgIpc) is 3.19. The first-order chi connectivity index (χ1) is 18.2. The molecule has 1 aliphatic heterocycles. The van der Waals surface area contributed by atoms with Gasteiger partial charge in [0.25, 0.3) is 0 Å². The van der Waals surface area contributed by atoms with Crippen LogP contribution in [0, 0.1) is 5.82 Å². The number of amides is 1. The number of piperidine rings is 1. The minimum absolute atomic E-state index is 0.0833. The van der Waals surface area contributed by atoms with Crippen LogP contribution in [0.4, 0.5) is 21.8 Å². The van der Waals surface area contributed by atoms with Crippen LogP contribution < -0.4 is 20.7 Å². The lowest BCUT2D eigenvalue weighted by Crippen LogP contribution is -2.43. The number of anilines is 3. The maximum Gasteiger partial charge on any atom is 0.242 e. The number of pyridine rings is 1. The van der Waals surface area contributed by atoms with E-state index in [2.05, 4.69) is 20.9 Å². The van der Waals surface area contributed by atoms with Gasteiger partial charge in [-0.25, -0.2) is 14.4 Å². The van der Waals surface area contributed by atoms with E-state index in [0.29, 0.717) is 28.8 Å². The molecule has 0 radical (unpaired) electrons. The van der Waals surface area contributed by atoms with Crippen LogP contribution >= 0.6 is 0 Å². The van der Waals surface area contributed by atoms with Crippen molar-refractivity contribution in [1.29, 1.82) is 0 Å². The van der Waals surface area contributed by atoms with Crippen LogP contribution in [-0.4, -0.2) is 33.0 Å². The van der Waals surface area contributed by atoms with Crippen molar-refractivity contribution >= 4 is 34.4 Å². The van der Waals surface area contributed by atoms with Crippen LogP contribution in [0.2, 0.25) is 0 Å². The summed E-state index contributed by atoms with van der Waals surface area (Å²) < 4.78 is 22.4. The van der Waals surface area contributed by atoms with Gasteiger partial charge in [0.05, 0.1) is 17.1 Å². The Kier molecular flexibility index (Phi) is 7.03. The monoisotopic (exact) mass is 516 g/mol. The number of rotatable bonds is 6. The van der Waals surface area contributed by atoms with E-state index in [1.807, 2.05) is 56.7 Å². The molecule has 0 bridgehead atoms. The fraction of sp³-hybridized carbons (Fsp3) is 0.345. The summed E-state index contributed by atoms with van der Waals surface area (Å²) in [5.74, 6) is 1.94. The number of ether oxygens (including phenoxy) is 1. The Morgan fingerprint density at radius 3 is 2.68 bits per heavy atom. The molecule has 1 aliphatic rings. The lowest BCUT2D eigenvalue weighted by atomic mass is 9.86. The van der Waals surface area contributed by atoms with Gasteiger partial charge in [-0.3, -0.25) is 4.79 Å². The molecule has 2 aromatic carbocycles. The first kappa shape index (κ1) is 25.7. The SMILES string of the molecule is Cn1c(Nc2ccc(F)c(C(C)(C)C)c2)nc2cc(Oc3ccnc(NC(=O)[C@@H]4CCCCN4)c3)ccc21. The molecule has 0 unspecified atom stereocenters. The summed E-state index contributed by atoms with van der Waals surface area (Å²) in [6, 6.07) is 13.9. The first-order valence-electron chi connectivity index (χ1n) is 12.9. The van der Waals surface area contributed by atoms with Gasteiger partial charge in [-0.2, -0.15) is 0 Å². The van der Waals surface area contributed by atoms with Crippen LogP contribution in [0.5, 0.6) is 11.5 Å². The molecule has 9 heteroatoms. The molecule has 0 aliphatic carbocycles. The topological polar surface area (TPSA) is 93.1 Å². The van der Waals surface area contributed by atoms with Crippen molar-refractivity contribution in [2.24, 2.45) is 7.05 Å². The second-order valence-corrected chi connectivity index (χ2v) is 10.7. The average molecular weight is 517 g/mol. The van der Waals surface area contributed by atoms with Gasteiger partial charge in [0, 0.05) is 31.1 Å². The van der Waals surface area contributed by atoms with Crippen molar-refractivity contribution in [3.8, 4) is 11.5 Å². The number of aromatic nitrogens is 3. The van der Waals surface area contributed by atoms with E-state index in [1.165, 1.54) is 6.07 Å². The van der Waals surface area contributed by atoms with Gasteiger partial charge in [-0.15, -0.1) is 0 Å². The predicted molar refractivity (Wildman–Crippen MR) is 148 cm³/mol. The molecule has 0 spiro atoms. The Balaban J connectivity index is 1.32. The number of hydrogen-bond donors (Lipinski definition) is 3. The number of nitrogens with zero attached hydrogens (tertiary/aromatic N) is 3. The molecule has 2 aromatic heterocycles. The van der Waals surface area contributed by atoms with Crippen LogP contribution in [0.3, 0.4) is 0 Å². The third-order valence-corrected chi connectivity index (χ3v) is 6.73. The largest absolute Gasteiger partial charge is 0.457 e. The van der Waals surface area contributed by atoms with Crippen molar-refractivity contribution in [1.82, 2.24) is 19.9 Å². The van der Waals surface area contributed by atoms with Crippen LogP contribution in [0.1, 0.15) is 45.6 Å². The molecule has 3 N–H and O–H groups in total. The molecule has 38 heavy (non-hydrogen) atoms. The molecule has 4 aromatic rings. The summed E-state index contributed by atoms with van der Waals surface area (Å²) in [5, 5.41) is 9.43. The maximum absolute atomic E-state index is 14.4. The molecule has 1 saturated heterocycles. The van der Waals surface area contributed by atoms with Gasteiger partial charge in [-0.05, 0) is 66.8 Å². The molecule has 1 amide bonds. The zero-order chi connectivity index (χ0) is 26.9. The first-order valence-corrected chi connectivity index (χ1v) is 12.9. The second-order valence-electron chi connectivity index (χ2n) is 10.7. The number of carbonyl (C=O) groups is 1. The van der Waals surface area contributed by atoms with Crippen LogP contribution in [0.25, 0.3) is 11.0 Å². The van der Waals surface area contributed by atoms with Crippen LogP contribution in [0.15, 0.2) is 54.7 Å². The zero-order valence-electron chi connectivity index (χ0n) is 22.1. The summed E-state index contributed by atoms with van der Waals surface area (Å²) in [7, 11) is 1.92. The highest BCUT2D eigenvalue weighted by Crippen LogP contribution is 2.31. The minimum atomic E-state index is -0.317. The lowest BCUT2D eigenvalue weighted by molar-refractivity contribution is -0.118. The molecule has 1 fully saturated rings. The van der Waals surface area contributed by atoms with Gasteiger partial charge < -0.3 is 25.3 Å². The van der Waals surface area contributed by atoms with E-state index in [0.717, 1.165) is 42.5 Å². The summed E-state index contributed by atoms with van der Waals surface area (Å²) in [6.07, 6.45) is 4.56. The molecule has 8 nitrogen and oxygen atoms in total. The van der Waals surface area contributed by atoms with E-state index in [9.17, 15) is 9.18 Å². The van der Waals surface area contributed by atoms with Gasteiger partial charge in [0.15, 0.2) is 0 Å². The van der Waals surface area contributed by atoms with Crippen molar-refractivity contribution in [3.63, 3.8) is 0 Å². The van der Waals surface area contributed by atoms with E-state index in [1.54, 1.807) is 24.4 Å². The molecule has 3 heterocycles. The summed E-state index contributed by atoms with van der Waals surface area (Å²) in [5.41, 5.74) is 2.75. The Labute approximate surface area is 221 Å². The molecule has 5 rings (SSSR count). The normalized spacial score (nSPS) is 15.9. The smallest absolute Gasteiger partial charge is 0.242 e. The van der Waals surface area contributed by atoms with Crippen molar-refractivity contribution < 1.29 is 13.9 Å². The van der Waals surface area contributed by atoms with Gasteiger partial charge in [0.1, 0.15) is 23.1 Å². The van der Waals surface area contributed by atoms with E-state index >= 15 is 0 Å². The zero-order valence-corrected chi connectivity index (χ0v) is 22.1. The molecule has 1 atom stereocenters. The second kappa shape index (κ2) is 10.4. The number of imidazole rings is 1. The Morgan fingerprint density at radius 2 is 1.92 bits per heavy atom. The maximum atomic E-state index is 14.4. The third kappa shape index (κ3) is 5.62. The van der Waals surface area contributed by atoms with Crippen molar-refractivity contribution in [3.05, 3.63) is 66.1 Å². The van der Waals surface area contributed by atoms with Gasteiger partial charge in [-0.1, -0.05) is 27.2 Å². The van der Waals surface area contributed by atoms with Crippen molar-refractivity contribution in [2.45, 2.75) is 51.5 Å². The fourth-order valence-corrected chi connectivity index (χ4v) is 4.63. The highest BCUT2D eigenvalue weighted by molar-refractivity contribution is 5.94. The number of nitrogens with one attached hydrogen (secondary N) is 3.